The summed E-state index contributed by atoms with van der Waals surface area (Å²) in [7, 11) is 0. The average Bonchev–Trinajstić information content (AvgIpc) is 2.51. The molecule has 2 heterocycles. The van der Waals surface area contributed by atoms with Crippen molar-refractivity contribution in [1.29, 1.82) is 0 Å². The Labute approximate surface area is 92.3 Å². The van der Waals surface area contributed by atoms with Crippen molar-refractivity contribution in [3.8, 4) is 0 Å². The Kier molecular flexibility index (Phi) is 2.81. The highest BCUT2D eigenvalue weighted by Crippen LogP contribution is 2.28. The molecule has 0 aliphatic carbocycles. The zero-order valence-corrected chi connectivity index (χ0v) is 8.96. The van der Waals surface area contributed by atoms with E-state index in [2.05, 4.69) is 4.98 Å². The van der Waals surface area contributed by atoms with Gasteiger partial charge < -0.3 is 10.0 Å². The van der Waals surface area contributed by atoms with Gasteiger partial charge in [-0.15, -0.1) is 0 Å². The Hall–Kier alpha value is -0.510. The number of halogens is 2. The van der Waals surface area contributed by atoms with E-state index < -0.39 is 0 Å². The first kappa shape index (κ1) is 10.0. The number of pyridine rings is 1. The average molecular weight is 233 g/mol. The minimum Gasteiger partial charge on any atom is -0.391 e. The number of anilines is 1. The second-order valence-corrected chi connectivity index (χ2v) is 4.19. The lowest BCUT2D eigenvalue weighted by Gasteiger charge is -2.17. The molecule has 5 heteroatoms. The van der Waals surface area contributed by atoms with Crippen molar-refractivity contribution in [2.24, 2.45) is 0 Å². The van der Waals surface area contributed by atoms with Crippen LogP contribution in [0.25, 0.3) is 0 Å². The zero-order chi connectivity index (χ0) is 10.1. The minimum absolute atomic E-state index is 0.274. The normalized spacial score (nSPS) is 21.6. The third-order valence-corrected chi connectivity index (χ3v) is 2.74. The molecule has 0 radical (unpaired) electrons. The molecule has 1 unspecified atom stereocenters. The lowest BCUT2D eigenvalue weighted by atomic mass is 10.3. The van der Waals surface area contributed by atoms with Crippen LogP contribution in [0.4, 0.5) is 5.82 Å². The summed E-state index contributed by atoms with van der Waals surface area (Å²) in [5.74, 6) is 0.701. The highest BCUT2D eigenvalue weighted by Gasteiger charge is 2.22. The van der Waals surface area contributed by atoms with Crippen molar-refractivity contribution < 1.29 is 5.11 Å². The van der Waals surface area contributed by atoms with Crippen LogP contribution in [0.5, 0.6) is 0 Å². The maximum absolute atomic E-state index is 9.37. The highest BCUT2D eigenvalue weighted by atomic mass is 35.5. The predicted octanol–water partition coefficient (Wildman–Crippen LogP) is 1.96. The van der Waals surface area contributed by atoms with Crippen molar-refractivity contribution in [3.05, 3.63) is 22.3 Å². The molecule has 14 heavy (non-hydrogen) atoms. The Morgan fingerprint density at radius 2 is 2.29 bits per heavy atom. The van der Waals surface area contributed by atoms with Crippen LogP contribution in [-0.2, 0) is 0 Å². The largest absolute Gasteiger partial charge is 0.391 e. The van der Waals surface area contributed by atoms with Gasteiger partial charge in [-0.1, -0.05) is 23.2 Å². The number of β-amino-alcohol motifs (C(OH)–C–C–N with tert-alkyl or cyclic N) is 1. The van der Waals surface area contributed by atoms with Crippen molar-refractivity contribution in [3.63, 3.8) is 0 Å². The fraction of sp³-hybridized carbons (Fsp3) is 0.444. The standard InChI is InChI=1S/C9H10Cl2N2O/c10-6-3-8(11)9(12-4-6)13-2-1-7(14)5-13/h3-4,7,14H,1-2,5H2. The molecule has 2 rings (SSSR count). The molecule has 1 aromatic rings. The zero-order valence-electron chi connectivity index (χ0n) is 7.45. The number of rotatable bonds is 1. The van der Waals surface area contributed by atoms with Crippen LogP contribution in [0.2, 0.25) is 10.0 Å². The Morgan fingerprint density at radius 1 is 1.50 bits per heavy atom. The first-order valence-corrected chi connectivity index (χ1v) is 5.16. The summed E-state index contributed by atoms with van der Waals surface area (Å²) < 4.78 is 0. The fourth-order valence-corrected chi connectivity index (χ4v) is 2.07. The Bertz CT molecular complexity index is 346. The summed E-state index contributed by atoms with van der Waals surface area (Å²) in [6.07, 6.45) is 2.05. The molecular formula is C9H10Cl2N2O. The third-order valence-electron chi connectivity index (χ3n) is 2.25. The molecule has 76 valence electrons. The van der Waals surface area contributed by atoms with E-state index in [1.165, 1.54) is 0 Å². The Morgan fingerprint density at radius 3 is 2.86 bits per heavy atom. The topological polar surface area (TPSA) is 36.4 Å². The molecule has 0 aromatic carbocycles. The molecule has 0 bridgehead atoms. The van der Waals surface area contributed by atoms with E-state index in [1.54, 1.807) is 12.3 Å². The predicted molar refractivity (Wildman–Crippen MR) is 57.1 cm³/mol. The van der Waals surface area contributed by atoms with Gasteiger partial charge >= 0.3 is 0 Å². The van der Waals surface area contributed by atoms with E-state index in [0.29, 0.717) is 22.4 Å². The molecule has 0 amide bonds. The number of aliphatic hydroxyl groups excluding tert-OH is 1. The van der Waals surface area contributed by atoms with Gasteiger partial charge in [0.1, 0.15) is 5.82 Å². The smallest absolute Gasteiger partial charge is 0.147 e. The van der Waals surface area contributed by atoms with Gasteiger partial charge in [0.15, 0.2) is 0 Å². The first-order valence-electron chi connectivity index (χ1n) is 4.41. The van der Waals surface area contributed by atoms with Crippen LogP contribution in [0.1, 0.15) is 6.42 Å². The van der Waals surface area contributed by atoms with Crippen LogP contribution >= 0.6 is 23.2 Å². The summed E-state index contributed by atoms with van der Waals surface area (Å²) in [5.41, 5.74) is 0. The van der Waals surface area contributed by atoms with Gasteiger partial charge in [0.25, 0.3) is 0 Å². The van der Waals surface area contributed by atoms with Gasteiger partial charge in [-0.05, 0) is 12.5 Å². The molecule has 1 aliphatic heterocycles. The molecule has 1 atom stereocenters. The molecule has 3 nitrogen and oxygen atoms in total. The molecule has 0 saturated carbocycles. The molecule has 0 spiro atoms. The summed E-state index contributed by atoms with van der Waals surface area (Å²) in [6, 6.07) is 1.66. The van der Waals surface area contributed by atoms with E-state index in [0.717, 1.165) is 13.0 Å². The molecule has 1 fully saturated rings. The van der Waals surface area contributed by atoms with Gasteiger partial charge in [-0.2, -0.15) is 0 Å². The van der Waals surface area contributed by atoms with Gasteiger partial charge in [0, 0.05) is 19.3 Å². The van der Waals surface area contributed by atoms with Crippen LogP contribution in [0, 0.1) is 0 Å². The number of aliphatic hydroxyl groups is 1. The first-order chi connectivity index (χ1) is 6.66. The van der Waals surface area contributed by atoms with Gasteiger partial charge in [0.2, 0.25) is 0 Å². The summed E-state index contributed by atoms with van der Waals surface area (Å²) in [6.45, 7) is 1.38. The van der Waals surface area contributed by atoms with Crippen molar-refractivity contribution in [2.75, 3.05) is 18.0 Å². The van der Waals surface area contributed by atoms with E-state index >= 15 is 0 Å². The maximum Gasteiger partial charge on any atom is 0.147 e. The van der Waals surface area contributed by atoms with E-state index in [1.807, 2.05) is 4.90 Å². The minimum atomic E-state index is -0.274. The van der Waals surface area contributed by atoms with Crippen LogP contribution in [-0.4, -0.2) is 29.3 Å². The summed E-state index contributed by atoms with van der Waals surface area (Å²) >= 11 is 11.7. The lowest BCUT2D eigenvalue weighted by molar-refractivity contribution is 0.198. The van der Waals surface area contributed by atoms with Crippen LogP contribution in [0.15, 0.2) is 12.3 Å². The maximum atomic E-state index is 9.37. The van der Waals surface area contributed by atoms with E-state index in [-0.39, 0.29) is 6.10 Å². The molecule has 1 saturated heterocycles. The van der Waals surface area contributed by atoms with Gasteiger partial charge in [-0.25, -0.2) is 4.98 Å². The SMILES string of the molecule is OC1CCN(c2ncc(Cl)cc2Cl)C1. The molecule has 1 aliphatic rings. The number of hydrogen-bond acceptors (Lipinski definition) is 3. The lowest BCUT2D eigenvalue weighted by Crippen LogP contribution is -2.22. The summed E-state index contributed by atoms with van der Waals surface area (Å²) in [4.78, 5) is 6.11. The number of nitrogens with zero attached hydrogens (tertiary/aromatic N) is 2. The molecule has 1 N–H and O–H groups in total. The second-order valence-electron chi connectivity index (χ2n) is 3.35. The van der Waals surface area contributed by atoms with E-state index in [9.17, 15) is 5.11 Å². The van der Waals surface area contributed by atoms with Gasteiger partial charge in [-0.3, -0.25) is 0 Å². The van der Waals surface area contributed by atoms with E-state index in [4.69, 9.17) is 23.2 Å². The fourth-order valence-electron chi connectivity index (χ4n) is 1.57. The number of hydrogen-bond donors (Lipinski definition) is 1. The molecule has 1 aromatic heterocycles. The Balaban J connectivity index is 2.24. The van der Waals surface area contributed by atoms with Gasteiger partial charge in [0.05, 0.1) is 16.1 Å². The number of aromatic nitrogens is 1. The summed E-state index contributed by atoms with van der Waals surface area (Å²) in [5, 5.41) is 10.4. The van der Waals surface area contributed by atoms with Crippen molar-refractivity contribution in [1.82, 2.24) is 4.98 Å². The van der Waals surface area contributed by atoms with Crippen LogP contribution in [0.3, 0.4) is 0 Å². The highest BCUT2D eigenvalue weighted by molar-refractivity contribution is 6.36. The second kappa shape index (κ2) is 3.93. The third kappa shape index (κ3) is 1.95. The monoisotopic (exact) mass is 232 g/mol. The van der Waals surface area contributed by atoms with Crippen molar-refractivity contribution in [2.45, 2.75) is 12.5 Å². The molecular weight excluding hydrogens is 223 g/mol. The quantitative estimate of drug-likeness (QED) is 0.805. The van der Waals surface area contributed by atoms with Crippen LogP contribution < -0.4 is 4.90 Å². The van der Waals surface area contributed by atoms with Crippen molar-refractivity contribution >= 4 is 29.0 Å².